The molecule has 6 heteroatoms. The Bertz CT molecular complexity index is 490. The number of thiophene rings is 1. The Morgan fingerprint density at radius 1 is 1.59 bits per heavy atom. The van der Waals surface area contributed by atoms with E-state index in [2.05, 4.69) is 26.9 Å². The summed E-state index contributed by atoms with van der Waals surface area (Å²) in [5.41, 5.74) is 1.57. The molecule has 88 valence electrons. The predicted octanol–water partition coefficient (Wildman–Crippen LogP) is 1.67. The van der Waals surface area contributed by atoms with Crippen LogP contribution in [0.4, 0.5) is 0 Å². The molecule has 0 saturated heterocycles. The molecular formula is C11H12N4OS. The highest BCUT2D eigenvalue weighted by atomic mass is 32.1. The summed E-state index contributed by atoms with van der Waals surface area (Å²) in [6.45, 7) is 0.667. The zero-order valence-corrected chi connectivity index (χ0v) is 9.98. The van der Waals surface area contributed by atoms with Gasteiger partial charge in [0, 0.05) is 12.6 Å². The van der Waals surface area contributed by atoms with Gasteiger partial charge in [-0.1, -0.05) is 0 Å². The van der Waals surface area contributed by atoms with Crippen molar-refractivity contribution in [2.24, 2.45) is 0 Å². The van der Waals surface area contributed by atoms with Gasteiger partial charge in [0.05, 0.1) is 6.20 Å². The maximum absolute atomic E-state index is 12.2. The number of nitrogens with one attached hydrogen (secondary N) is 1. The van der Waals surface area contributed by atoms with E-state index in [1.54, 1.807) is 11.3 Å². The second-order valence-electron chi connectivity index (χ2n) is 4.15. The van der Waals surface area contributed by atoms with E-state index in [1.165, 1.54) is 11.8 Å². The highest BCUT2D eigenvalue weighted by Gasteiger charge is 2.33. The van der Waals surface area contributed by atoms with Gasteiger partial charge in [-0.2, -0.15) is 26.7 Å². The summed E-state index contributed by atoms with van der Waals surface area (Å²) in [7, 11) is 0. The average Bonchev–Trinajstić information content (AvgIpc) is 2.86. The topological polar surface area (TPSA) is 61.9 Å². The zero-order chi connectivity index (χ0) is 11.7. The van der Waals surface area contributed by atoms with Crippen molar-refractivity contribution in [2.45, 2.75) is 25.4 Å². The Morgan fingerprint density at radius 2 is 2.47 bits per heavy atom. The van der Waals surface area contributed by atoms with Crippen molar-refractivity contribution in [2.75, 3.05) is 0 Å². The smallest absolute Gasteiger partial charge is 0.276 e. The van der Waals surface area contributed by atoms with E-state index < -0.39 is 0 Å². The Balaban J connectivity index is 1.78. The first-order chi connectivity index (χ1) is 8.34. The third-order valence-corrected chi connectivity index (χ3v) is 3.55. The zero-order valence-electron chi connectivity index (χ0n) is 9.17. The van der Waals surface area contributed by atoms with Crippen molar-refractivity contribution in [3.8, 4) is 0 Å². The summed E-state index contributed by atoms with van der Waals surface area (Å²) >= 11 is 1.65. The van der Waals surface area contributed by atoms with Crippen LogP contribution in [0.1, 0.15) is 28.9 Å². The van der Waals surface area contributed by atoms with Crippen LogP contribution in [0.2, 0.25) is 0 Å². The molecular weight excluding hydrogens is 236 g/mol. The summed E-state index contributed by atoms with van der Waals surface area (Å²) in [5, 5.41) is 14.1. The lowest BCUT2D eigenvalue weighted by Gasteiger charge is -2.20. The van der Waals surface area contributed by atoms with Crippen LogP contribution >= 0.6 is 11.3 Å². The molecule has 0 radical (unpaired) electrons. The van der Waals surface area contributed by atoms with Gasteiger partial charge in [-0.3, -0.25) is 4.79 Å². The van der Waals surface area contributed by atoms with E-state index in [0.717, 1.165) is 12.8 Å². The van der Waals surface area contributed by atoms with E-state index in [0.29, 0.717) is 18.3 Å². The number of carbonyl (C=O) groups excluding carboxylic acids is 1. The number of rotatable bonds is 4. The molecule has 2 aromatic rings. The summed E-state index contributed by atoms with van der Waals surface area (Å²) in [4.78, 5) is 14.1. The van der Waals surface area contributed by atoms with Crippen LogP contribution in [-0.4, -0.2) is 32.3 Å². The van der Waals surface area contributed by atoms with Gasteiger partial charge in [0.25, 0.3) is 5.91 Å². The van der Waals surface area contributed by atoms with Crippen LogP contribution in [0.3, 0.4) is 0 Å². The van der Waals surface area contributed by atoms with Crippen molar-refractivity contribution in [1.29, 1.82) is 0 Å². The lowest BCUT2D eigenvalue weighted by Crippen LogP contribution is -2.32. The number of H-pyrrole nitrogens is 1. The fraction of sp³-hybridized carbons (Fsp3) is 0.364. The molecule has 1 aliphatic carbocycles. The maximum Gasteiger partial charge on any atom is 0.276 e. The first-order valence-corrected chi connectivity index (χ1v) is 6.46. The van der Waals surface area contributed by atoms with Gasteiger partial charge in [-0.15, -0.1) is 0 Å². The molecule has 2 heterocycles. The van der Waals surface area contributed by atoms with E-state index in [4.69, 9.17) is 0 Å². The molecule has 0 bridgehead atoms. The van der Waals surface area contributed by atoms with Gasteiger partial charge in [0.15, 0.2) is 5.69 Å². The molecule has 0 spiro atoms. The van der Waals surface area contributed by atoms with Crippen molar-refractivity contribution in [3.63, 3.8) is 0 Å². The number of nitrogens with zero attached hydrogens (tertiary/aromatic N) is 3. The largest absolute Gasteiger partial charge is 0.330 e. The predicted molar refractivity (Wildman–Crippen MR) is 63.6 cm³/mol. The van der Waals surface area contributed by atoms with E-state index >= 15 is 0 Å². The van der Waals surface area contributed by atoms with E-state index in [9.17, 15) is 4.79 Å². The highest BCUT2D eigenvalue weighted by molar-refractivity contribution is 7.07. The fourth-order valence-electron chi connectivity index (χ4n) is 1.78. The molecule has 17 heavy (non-hydrogen) atoms. The summed E-state index contributed by atoms with van der Waals surface area (Å²) in [6, 6.07) is 2.43. The molecule has 1 aliphatic rings. The van der Waals surface area contributed by atoms with Gasteiger partial charge in [-0.25, -0.2) is 0 Å². The first-order valence-electron chi connectivity index (χ1n) is 5.52. The quantitative estimate of drug-likeness (QED) is 0.895. The number of carbonyl (C=O) groups is 1. The molecule has 0 aromatic carbocycles. The molecule has 1 fully saturated rings. The Kier molecular flexibility index (Phi) is 2.64. The van der Waals surface area contributed by atoms with Crippen molar-refractivity contribution < 1.29 is 4.79 Å². The van der Waals surface area contributed by atoms with Crippen LogP contribution in [-0.2, 0) is 6.54 Å². The SMILES string of the molecule is O=C(c1cn[nH]n1)N(Cc1ccsc1)C1CC1. The van der Waals surface area contributed by atoms with Crippen LogP contribution in [0.15, 0.2) is 23.0 Å². The van der Waals surface area contributed by atoms with Gasteiger partial charge < -0.3 is 4.90 Å². The van der Waals surface area contributed by atoms with Crippen LogP contribution in [0.5, 0.6) is 0 Å². The molecule has 1 saturated carbocycles. The molecule has 2 aromatic heterocycles. The molecule has 0 atom stereocenters. The third-order valence-electron chi connectivity index (χ3n) is 2.82. The van der Waals surface area contributed by atoms with Gasteiger partial charge in [-0.05, 0) is 35.2 Å². The van der Waals surface area contributed by atoms with Gasteiger partial charge in [0.2, 0.25) is 0 Å². The molecule has 0 unspecified atom stereocenters. The summed E-state index contributed by atoms with van der Waals surface area (Å²) in [5.74, 6) is -0.0348. The van der Waals surface area contributed by atoms with Crippen LogP contribution in [0.25, 0.3) is 0 Å². The Morgan fingerprint density at radius 3 is 3.06 bits per heavy atom. The maximum atomic E-state index is 12.2. The lowest BCUT2D eigenvalue weighted by molar-refractivity contribution is 0.0724. The minimum atomic E-state index is -0.0348. The monoisotopic (exact) mass is 248 g/mol. The molecule has 1 amide bonds. The molecule has 3 rings (SSSR count). The minimum Gasteiger partial charge on any atom is -0.330 e. The summed E-state index contributed by atoms with van der Waals surface area (Å²) in [6.07, 6.45) is 3.66. The Hall–Kier alpha value is -1.69. The van der Waals surface area contributed by atoms with Crippen LogP contribution in [0, 0.1) is 0 Å². The molecule has 1 N–H and O–H groups in total. The number of amides is 1. The average molecular weight is 248 g/mol. The fourth-order valence-corrected chi connectivity index (χ4v) is 2.44. The molecule has 5 nitrogen and oxygen atoms in total. The standard InChI is InChI=1S/C11H12N4OS/c16-11(10-5-12-14-13-10)15(9-1-2-9)6-8-3-4-17-7-8/h3-5,7,9H,1-2,6H2,(H,12,13,14). The number of hydrogen-bond acceptors (Lipinski definition) is 4. The third kappa shape index (κ3) is 2.21. The second kappa shape index (κ2) is 4.29. The molecule has 0 aliphatic heterocycles. The van der Waals surface area contributed by atoms with Crippen molar-refractivity contribution in [1.82, 2.24) is 20.3 Å². The Labute approximate surface area is 102 Å². The lowest BCUT2D eigenvalue weighted by atomic mass is 10.3. The van der Waals surface area contributed by atoms with Gasteiger partial charge in [0.1, 0.15) is 0 Å². The second-order valence-corrected chi connectivity index (χ2v) is 4.93. The minimum absolute atomic E-state index is 0.0348. The van der Waals surface area contributed by atoms with Crippen LogP contribution < -0.4 is 0 Å². The number of aromatic amines is 1. The van der Waals surface area contributed by atoms with E-state index in [1.807, 2.05) is 10.3 Å². The first kappa shape index (κ1) is 10.5. The number of hydrogen-bond donors (Lipinski definition) is 1. The highest BCUT2D eigenvalue weighted by Crippen LogP contribution is 2.29. The number of aromatic nitrogens is 3. The normalized spacial score (nSPS) is 14.8. The van der Waals surface area contributed by atoms with Gasteiger partial charge >= 0.3 is 0 Å². The van der Waals surface area contributed by atoms with Crippen molar-refractivity contribution in [3.05, 3.63) is 34.3 Å². The summed E-state index contributed by atoms with van der Waals surface area (Å²) < 4.78 is 0. The van der Waals surface area contributed by atoms with E-state index in [-0.39, 0.29) is 5.91 Å². The van der Waals surface area contributed by atoms with Crippen molar-refractivity contribution >= 4 is 17.2 Å².